The number of amides is 1. The van der Waals surface area contributed by atoms with Gasteiger partial charge in [-0.3, -0.25) is 9.79 Å². The molecular formula is C16H20FN3OS. The van der Waals surface area contributed by atoms with E-state index < -0.39 is 4.75 Å². The quantitative estimate of drug-likeness (QED) is 0.880. The summed E-state index contributed by atoms with van der Waals surface area (Å²) in [6.07, 6.45) is 3.27. The molecule has 1 amide bonds. The van der Waals surface area contributed by atoms with E-state index in [0.29, 0.717) is 10.7 Å². The first-order valence-electron chi connectivity index (χ1n) is 7.58. The molecule has 1 aliphatic heterocycles. The third-order valence-corrected chi connectivity index (χ3v) is 5.82. The van der Waals surface area contributed by atoms with E-state index in [1.54, 1.807) is 18.2 Å². The minimum absolute atomic E-state index is 0.0175. The third kappa shape index (κ3) is 2.90. The van der Waals surface area contributed by atoms with E-state index in [-0.39, 0.29) is 23.8 Å². The molecule has 2 fully saturated rings. The van der Waals surface area contributed by atoms with Gasteiger partial charge in [0.1, 0.15) is 10.6 Å². The molecule has 3 N–H and O–H groups in total. The summed E-state index contributed by atoms with van der Waals surface area (Å²) in [7, 11) is 0. The highest BCUT2D eigenvalue weighted by Crippen LogP contribution is 2.44. The van der Waals surface area contributed by atoms with Crippen LogP contribution >= 0.6 is 11.8 Å². The van der Waals surface area contributed by atoms with Gasteiger partial charge in [0.15, 0.2) is 5.17 Å². The predicted molar refractivity (Wildman–Crippen MR) is 87.2 cm³/mol. The number of carbonyl (C=O) groups is 1. The topological polar surface area (TPSA) is 67.5 Å². The first-order valence-corrected chi connectivity index (χ1v) is 8.40. The molecule has 0 radical (unpaired) electrons. The van der Waals surface area contributed by atoms with Gasteiger partial charge in [-0.05, 0) is 38.7 Å². The van der Waals surface area contributed by atoms with E-state index in [9.17, 15) is 9.18 Å². The third-order valence-electron chi connectivity index (χ3n) is 4.43. The maximum absolute atomic E-state index is 13.8. The van der Waals surface area contributed by atoms with Crippen LogP contribution in [0.2, 0.25) is 0 Å². The van der Waals surface area contributed by atoms with Gasteiger partial charge >= 0.3 is 0 Å². The summed E-state index contributed by atoms with van der Waals surface area (Å²) in [5.41, 5.74) is 6.46. The largest absolute Gasteiger partial charge is 0.328 e. The Morgan fingerprint density at radius 2 is 2.09 bits per heavy atom. The molecule has 0 unspecified atom stereocenters. The number of halogens is 1. The molecule has 4 nitrogen and oxygen atoms in total. The number of aliphatic imine (C=N–C) groups is 1. The lowest BCUT2D eigenvalue weighted by Crippen LogP contribution is -2.42. The molecule has 1 aliphatic carbocycles. The molecule has 22 heavy (non-hydrogen) atoms. The molecule has 1 aromatic carbocycles. The minimum atomic E-state index is -0.427. The normalized spacial score (nSPS) is 31.5. The standard InChI is InChI=1S/C16H20FN3OS/c1-10(12-4-2-3-5-13(12)17)19-15-20-14(21)16(22-15)8-6-11(18)7-9-16/h2-5,10-11H,6-9,18H2,1H3,(H,19,20,21)/t10-,11?,16?/m0/s1. The molecule has 1 saturated carbocycles. The van der Waals surface area contributed by atoms with E-state index >= 15 is 0 Å². The van der Waals surface area contributed by atoms with Gasteiger partial charge < -0.3 is 11.1 Å². The molecule has 6 heteroatoms. The zero-order valence-corrected chi connectivity index (χ0v) is 13.3. The second-order valence-electron chi connectivity index (χ2n) is 6.02. The van der Waals surface area contributed by atoms with Crippen molar-refractivity contribution < 1.29 is 9.18 Å². The van der Waals surface area contributed by atoms with Gasteiger partial charge in [-0.25, -0.2) is 4.39 Å². The van der Waals surface area contributed by atoms with Gasteiger partial charge in [-0.2, -0.15) is 0 Å². The molecule has 2 aliphatic rings. The minimum Gasteiger partial charge on any atom is -0.328 e. The summed E-state index contributed by atoms with van der Waals surface area (Å²) < 4.78 is 13.4. The van der Waals surface area contributed by atoms with E-state index in [1.165, 1.54) is 17.8 Å². The number of nitrogens with two attached hydrogens (primary N) is 1. The summed E-state index contributed by atoms with van der Waals surface area (Å²) in [6.45, 7) is 1.83. The van der Waals surface area contributed by atoms with Gasteiger partial charge in [0.25, 0.3) is 0 Å². The van der Waals surface area contributed by atoms with Crippen molar-refractivity contribution in [3.63, 3.8) is 0 Å². The highest BCUT2D eigenvalue weighted by Gasteiger charge is 2.48. The van der Waals surface area contributed by atoms with Crippen molar-refractivity contribution in [1.82, 2.24) is 5.32 Å². The van der Waals surface area contributed by atoms with Crippen molar-refractivity contribution in [3.05, 3.63) is 35.6 Å². The summed E-state index contributed by atoms with van der Waals surface area (Å²) in [5, 5.41) is 3.45. The first-order chi connectivity index (χ1) is 10.5. The summed E-state index contributed by atoms with van der Waals surface area (Å²) in [6, 6.07) is 6.46. The second-order valence-corrected chi connectivity index (χ2v) is 7.39. The zero-order chi connectivity index (χ0) is 15.7. The molecule has 118 valence electrons. The average Bonchev–Trinajstić information content (AvgIpc) is 2.78. The van der Waals surface area contributed by atoms with Crippen molar-refractivity contribution in [2.24, 2.45) is 10.7 Å². The van der Waals surface area contributed by atoms with Crippen LogP contribution in [0.15, 0.2) is 29.3 Å². The van der Waals surface area contributed by atoms with Crippen LogP contribution in [0.5, 0.6) is 0 Å². The summed E-state index contributed by atoms with van der Waals surface area (Å²) >= 11 is 1.48. The van der Waals surface area contributed by atoms with Crippen molar-refractivity contribution in [2.75, 3.05) is 0 Å². The maximum Gasteiger partial charge on any atom is 0.242 e. The SMILES string of the molecule is C[C@H](N=C1NC(=O)C2(CCC(N)CC2)S1)c1ccccc1F. The molecule has 1 atom stereocenters. The fourth-order valence-electron chi connectivity index (χ4n) is 3.02. The second kappa shape index (κ2) is 6.01. The Bertz CT molecular complexity index is 611. The number of benzene rings is 1. The summed E-state index contributed by atoms with van der Waals surface area (Å²) in [4.78, 5) is 16.8. The summed E-state index contributed by atoms with van der Waals surface area (Å²) in [5.74, 6) is -0.254. The average molecular weight is 321 g/mol. The number of carbonyl (C=O) groups excluding carboxylic acids is 1. The molecule has 0 aromatic heterocycles. The van der Waals surface area contributed by atoms with Gasteiger partial charge in [0.05, 0.1) is 6.04 Å². The fourth-order valence-corrected chi connectivity index (χ4v) is 4.33. The number of amidine groups is 1. The van der Waals surface area contributed by atoms with Crippen molar-refractivity contribution in [2.45, 2.75) is 49.4 Å². The smallest absolute Gasteiger partial charge is 0.242 e. The highest BCUT2D eigenvalue weighted by atomic mass is 32.2. The van der Waals surface area contributed by atoms with Gasteiger partial charge in [-0.1, -0.05) is 30.0 Å². The van der Waals surface area contributed by atoms with Gasteiger partial charge in [0.2, 0.25) is 5.91 Å². The number of thioether (sulfide) groups is 1. The van der Waals surface area contributed by atoms with E-state index in [2.05, 4.69) is 10.3 Å². The predicted octanol–water partition coefficient (Wildman–Crippen LogP) is 2.75. The molecule has 1 heterocycles. The van der Waals surface area contributed by atoms with Crippen LogP contribution < -0.4 is 11.1 Å². The number of hydrogen-bond donors (Lipinski definition) is 2. The Labute approximate surface area is 133 Å². The first kappa shape index (κ1) is 15.5. The van der Waals surface area contributed by atoms with E-state index in [4.69, 9.17) is 5.73 Å². The van der Waals surface area contributed by atoms with Crippen LogP contribution in [0.4, 0.5) is 4.39 Å². The van der Waals surface area contributed by atoms with Crippen LogP contribution in [0.3, 0.4) is 0 Å². The highest BCUT2D eigenvalue weighted by molar-refractivity contribution is 8.16. The molecule has 1 spiro atoms. The monoisotopic (exact) mass is 321 g/mol. The molecule has 1 aromatic rings. The van der Waals surface area contributed by atoms with Crippen LogP contribution in [0.1, 0.15) is 44.2 Å². The van der Waals surface area contributed by atoms with Crippen LogP contribution in [-0.2, 0) is 4.79 Å². The number of hydrogen-bond acceptors (Lipinski definition) is 4. The van der Waals surface area contributed by atoms with Gasteiger partial charge in [0, 0.05) is 11.6 Å². The zero-order valence-electron chi connectivity index (χ0n) is 12.5. The molecule has 3 rings (SSSR count). The van der Waals surface area contributed by atoms with Gasteiger partial charge in [-0.15, -0.1) is 0 Å². The van der Waals surface area contributed by atoms with Crippen LogP contribution in [0, 0.1) is 5.82 Å². The molecule has 1 saturated heterocycles. The Morgan fingerprint density at radius 3 is 2.77 bits per heavy atom. The fraction of sp³-hybridized carbons (Fsp3) is 0.500. The number of rotatable bonds is 2. The Balaban J connectivity index is 1.77. The molecule has 0 bridgehead atoms. The van der Waals surface area contributed by atoms with Crippen molar-refractivity contribution in [3.8, 4) is 0 Å². The van der Waals surface area contributed by atoms with Crippen LogP contribution in [-0.4, -0.2) is 21.9 Å². The Kier molecular flexibility index (Phi) is 4.23. The number of nitrogens with one attached hydrogen (secondary N) is 1. The Morgan fingerprint density at radius 1 is 1.41 bits per heavy atom. The van der Waals surface area contributed by atoms with E-state index in [0.717, 1.165) is 25.7 Å². The number of nitrogens with zero attached hydrogens (tertiary/aromatic N) is 1. The van der Waals surface area contributed by atoms with E-state index in [1.807, 2.05) is 6.92 Å². The van der Waals surface area contributed by atoms with Crippen molar-refractivity contribution >= 4 is 22.8 Å². The van der Waals surface area contributed by atoms with Crippen molar-refractivity contribution in [1.29, 1.82) is 0 Å². The lowest BCUT2D eigenvalue weighted by molar-refractivity contribution is -0.122. The Hall–Kier alpha value is -1.40. The molecular weight excluding hydrogens is 301 g/mol. The lowest BCUT2D eigenvalue weighted by Gasteiger charge is -2.31. The maximum atomic E-state index is 13.8. The lowest BCUT2D eigenvalue weighted by atomic mass is 9.85. The van der Waals surface area contributed by atoms with Crippen LogP contribution in [0.25, 0.3) is 0 Å².